The average Bonchev–Trinajstić information content (AvgIpc) is 2.27. The summed E-state index contributed by atoms with van der Waals surface area (Å²) in [6.07, 6.45) is 0. The van der Waals surface area contributed by atoms with Crippen molar-refractivity contribution >= 4 is 33.5 Å². The number of esters is 1. The van der Waals surface area contributed by atoms with Crippen LogP contribution in [0.4, 0.5) is 0 Å². The van der Waals surface area contributed by atoms with Gasteiger partial charge >= 0.3 is 5.97 Å². The largest absolute Gasteiger partial charge is 0.465 e. The minimum absolute atomic E-state index is 0.235. The Hall–Kier alpha value is -1.05. The van der Waals surface area contributed by atoms with Gasteiger partial charge in [0.1, 0.15) is 6.07 Å². The molecule has 0 aliphatic heterocycles. The summed E-state index contributed by atoms with van der Waals surface area (Å²) >= 11 is 8.95. The van der Waals surface area contributed by atoms with Crippen LogP contribution in [0.5, 0.6) is 0 Å². The second-order valence-electron chi connectivity index (χ2n) is 2.73. The smallest absolute Gasteiger partial charge is 0.339 e. The Morgan fingerprint density at radius 1 is 1.67 bits per heavy atom. The number of rotatable bonds is 2. The molecule has 0 aliphatic carbocycles. The molecular formula is C10H7BrClNO2. The molecule has 0 bridgehead atoms. The summed E-state index contributed by atoms with van der Waals surface area (Å²) in [4.78, 5) is 11.3. The van der Waals surface area contributed by atoms with E-state index in [4.69, 9.17) is 16.9 Å². The Kier molecular flexibility index (Phi) is 4.13. The molecular weight excluding hydrogens is 281 g/mol. The summed E-state index contributed by atoms with van der Waals surface area (Å²) in [7, 11) is 1.27. The molecule has 15 heavy (non-hydrogen) atoms. The lowest BCUT2D eigenvalue weighted by Gasteiger charge is -2.06. The number of methoxy groups -OCH3 is 1. The van der Waals surface area contributed by atoms with Gasteiger partial charge in [-0.2, -0.15) is 5.26 Å². The molecule has 0 aliphatic rings. The summed E-state index contributed by atoms with van der Waals surface area (Å²) in [5.41, 5.74) is 1.25. The van der Waals surface area contributed by atoms with Crippen molar-refractivity contribution in [3.05, 3.63) is 33.3 Å². The van der Waals surface area contributed by atoms with Gasteiger partial charge < -0.3 is 4.74 Å². The molecule has 1 rings (SSSR count). The first-order valence-electron chi connectivity index (χ1n) is 4.00. The quantitative estimate of drug-likeness (QED) is 0.621. The molecule has 0 N–H and O–H groups in total. The predicted molar refractivity (Wildman–Crippen MR) is 59.8 cm³/mol. The third-order valence-corrected chi connectivity index (χ3v) is 2.88. The van der Waals surface area contributed by atoms with E-state index in [9.17, 15) is 4.79 Å². The molecule has 1 aromatic rings. The molecule has 0 amide bonds. The molecule has 0 unspecified atom stereocenters. The molecule has 5 heteroatoms. The molecule has 0 heterocycles. The molecule has 0 radical (unpaired) electrons. The number of carbonyl (C=O) groups excluding carboxylic acids is 1. The summed E-state index contributed by atoms with van der Waals surface area (Å²) in [6, 6.07) is 5.05. The monoisotopic (exact) mass is 287 g/mol. The summed E-state index contributed by atoms with van der Waals surface area (Å²) in [5.74, 6) is -0.276. The van der Waals surface area contributed by atoms with Crippen LogP contribution in [0.1, 0.15) is 21.5 Å². The molecule has 0 atom stereocenters. The van der Waals surface area contributed by atoms with Crippen molar-refractivity contribution < 1.29 is 9.53 Å². The van der Waals surface area contributed by atoms with Crippen molar-refractivity contribution in [1.29, 1.82) is 5.26 Å². The van der Waals surface area contributed by atoms with Gasteiger partial charge in [0.2, 0.25) is 0 Å². The lowest BCUT2D eigenvalue weighted by Crippen LogP contribution is -2.05. The maximum Gasteiger partial charge on any atom is 0.339 e. The first kappa shape index (κ1) is 12.0. The first-order valence-corrected chi connectivity index (χ1v) is 5.33. The maximum atomic E-state index is 11.3. The fourth-order valence-electron chi connectivity index (χ4n) is 1.09. The van der Waals surface area contributed by atoms with Gasteiger partial charge in [0.25, 0.3) is 0 Å². The number of nitrogens with zero attached hydrogens (tertiary/aromatic N) is 1. The highest BCUT2D eigenvalue weighted by atomic mass is 79.9. The zero-order valence-electron chi connectivity index (χ0n) is 7.88. The molecule has 78 valence electrons. The van der Waals surface area contributed by atoms with E-state index in [2.05, 4.69) is 20.7 Å². The van der Waals surface area contributed by atoms with Crippen molar-refractivity contribution in [3.63, 3.8) is 0 Å². The van der Waals surface area contributed by atoms with Gasteiger partial charge in [-0.1, -0.05) is 15.9 Å². The Labute approximate surface area is 101 Å². The number of halogens is 2. The predicted octanol–water partition coefficient (Wildman–Crippen LogP) is 2.85. The third kappa shape index (κ3) is 2.49. The van der Waals surface area contributed by atoms with E-state index in [1.165, 1.54) is 7.11 Å². The topological polar surface area (TPSA) is 50.1 Å². The van der Waals surface area contributed by atoms with Crippen LogP contribution in [0.25, 0.3) is 0 Å². The van der Waals surface area contributed by atoms with Crippen molar-refractivity contribution in [2.45, 2.75) is 5.88 Å². The van der Waals surface area contributed by atoms with Gasteiger partial charge in [-0.15, -0.1) is 11.6 Å². The third-order valence-electron chi connectivity index (χ3n) is 1.86. The minimum Gasteiger partial charge on any atom is -0.465 e. The minimum atomic E-state index is -0.537. The Morgan fingerprint density at radius 3 is 2.80 bits per heavy atom. The van der Waals surface area contributed by atoms with Crippen molar-refractivity contribution in [3.8, 4) is 6.07 Å². The molecule has 0 aromatic heterocycles. The summed E-state index contributed by atoms with van der Waals surface area (Å²) in [5, 5.41) is 8.84. The standard InChI is InChI=1S/C10H7BrClNO2/c1-15-10(14)8-2-6(4-12)9(11)3-7(8)5-13/h2-3H,4H2,1H3. The summed E-state index contributed by atoms with van der Waals surface area (Å²) in [6.45, 7) is 0. The lowest BCUT2D eigenvalue weighted by atomic mass is 10.1. The molecule has 0 spiro atoms. The first-order chi connectivity index (χ1) is 7.13. The Bertz CT molecular complexity index is 440. The van der Waals surface area contributed by atoms with Gasteiger partial charge in [-0.05, 0) is 17.7 Å². The average molecular weight is 289 g/mol. The van der Waals surface area contributed by atoms with Gasteiger partial charge in [-0.25, -0.2) is 4.79 Å². The van der Waals surface area contributed by atoms with Crippen LogP contribution >= 0.6 is 27.5 Å². The van der Waals surface area contributed by atoms with Crippen LogP contribution in [0.3, 0.4) is 0 Å². The van der Waals surface area contributed by atoms with E-state index in [-0.39, 0.29) is 17.0 Å². The van der Waals surface area contributed by atoms with Gasteiger partial charge in [-0.3, -0.25) is 0 Å². The number of carbonyl (C=O) groups is 1. The van der Waals surface area contributed by atoms with Crippen molar-refractivity contribution in [1.82, 2.24) is 0 Å². The van der Waals surface area contributed by atoms with Crippen LogP contribution in [-0.2, 0) is 10.6 Å². The van der Waals surface area contributed by atoms with E-state index in [1.54, 1.807) is 12.1 Å². The second-order valence-corrected chi connectivity index (χ2v) is 3.85. The van der Waals surface area contributed by atoms with Crippen molar-refractivity contribution in [2.24, 2.45) is 0 Å². The van der Waals surface area contributed by atoms with Gasteiger partial charge in [0.05, 0.1) is 18.2 Å². The highest BCUT2D eigenvalue weighted by Gasteiger charge is 2.14. The SMILES string of the molecule is COC(=O)c1cc(CCl)c(Br)cc1C#N. The highest BCUT2D eigenvalue weighted by molar-refractivity contribution is 9.10. The number of ether oxygens (including phenoxy) is 1. The normalized spacial score (nSPS) is 9.47. The molecule has 0 saturated carbocycles. The van der Waals surface area contributed by atoms with Crippen LogP contribution < -0.4 is 0 Å². The van der Waals surface area contributed by atoms with Crippen LogP contribution in [0.2, 0.25) is 0 Å². The van der Waals surface area contributed by atoms with E-state index < -0.39 is 5.97 Å². The fraction of sp³-hybridized carbons (Fsp3) is 0.200. The number of hydrogen-bond acceptors (Lipinski definition) is 3. The molecule has 3 nitrogen and oxygen atoms in total. The summed E-state index contributed by atoms with van der Waals surface area (Å²) < 4.78 is 5.28. The van der Waals surface area contributed by atoms with Crippen molar-refractivity contribution in [2.75, 3.05) is 7.11 Å². The Morgan fingerprint density at radius 2 is 2.33 bits per heavy atom. The van der Waals surface area contributed by atoms with Gasteiger partial charge in [0.15, 0.2) is 0 Å². The highest BCUT2D eigenvalue weighted by Crippen LogP contribution is 2.23. The fourth-order valence-corrected chi connectivity index (χ4v) is 1.96. The lowest BCUT2D eigenvalue weighted by molar-refractivity contribution is 0.0600. The van der Waals surface area contributed by atoms with Crippen LogP contribution in [0, 0.1) is 11.3 Å². The maximum absolute atomic E-state index is 11.3. The Balaban J connectivity index is 3.37. The number of benzene rings is 1. The number of nitriles is 1. The van der Waals surface area contributed by atoms with Gasteiger partial charge in [0, 0.05) is 10.4 Å². The molecule has 1 aromatic carbocycles. The van der Waals surface area contributed by atoms with E-state index in [1.807, 2.05) is 6.07 Å². The van der Waals surface area contributed by atoms with E-state index in [0.717, 1.165) is 5.56 Å². The zero-order valence-corrected chi connectivity index (χ0v) is 10.2. The van der Waals surface area contributed by atoms with Crippen LogP contribution in [0.15, 0.2) is 16.6 Å². The second kappa shape index (κ2) is 5.15. The van der Waals surface area contributed by atoms with Crippen LogP contribution in [-0.4, -0.2) is 13.1 Å². The number of alkyl halides is 1. The number of hydrogen-bond donors (Lipinski definition) is 0. The molecule has 0 fully saturated rings. The molecule has 0 saturated heterocycles. The van der Waals surface area contributed by atoms with E-state index >= 15 is 0 Å². The van der Waals surface area contributed by atoms with E-state index in [0.29, 0.717) is 4.47 Å². The zero-order chi connectivity index (χ0) is 11.4.